The van der Waals surface area contributed by atoms with Crippen LogP contribution in [0.15, 0.2) is 12.2 Å². The van der Waals surface area contributed by atoms with Crippen molar-refractivity contribution in [2.75, 3.05) is 0 Å². The van der Waals surface area contributed by atoms with Gasteiger partial charge in [-0.25, -0.2) is 4.18 Å². The van der Waals surface area contributed by atoms with E-state index in [9.17, 15) is 12.3 Å². The fourth-order valence-electron chi connectivity index (χ4n) is 0.541. The summed E-state index contributed by atoms with van der Waals surface area (Å²) >= 11 is 0. The van der Waals surface area contributed by atoms with Crippen LogP contribution in [-0.4, -0.2) is 14.5 Å². The molecule has 66 valence electrons. The van der Waals surface area contributed by atoms with E-state index in [1.54, 1.807) is 6.08 Å². The van der Waals surface area contributed by atoms with Crippen molar-refractivity contribution in [3.05, 3.63) is 12.2 Å². The van der Waals surface area contributed by atoms with E-state index in [0.717, 1.165) is 6.42 Å². The first-order valence-corrected chi connectivity index (χ1v) is 4.56. The van der Waals surface area contributed by atoms with E-state index in [4.69, 9.17) is 0 Å². The van der Waals surface area contributed by atoms with Crippen molar-refractivity contribution in [2.45, 2.75) is 26.4 Å². The maximum absolute atomic E-state index is 11.8. The van der Waals surface area contributed by atoms with Gasteiger partial charge in [0.05, 0.1) is 6.10 Å². The standard InChI is InChI=1S/C6H11FO3S/c1-3-4-5-6(2)10-11(7,8)9/h4-6H,3H2,1-2H3. The van der Waals surface area contributed by atoms with Gasteiger partial charge in [0, 0.05) is 0 Å². The molecular formula is C6H11FO3S. The summed E-state index contributed by atoms with van der Waals surface area (Å²) in [4.78, 5) is 0. The van der Waals surface area contributed by atoms with Gasteiger partial charge in [-0.05, 0) is 13.3 Å². The van der Waals surface area contributed by atoms with Gasteiger partial charge in [0.2, 0.25) is 0 Å². The fraction of sp³-hybridized carbons (Fsp3) is 0.667. The van der Waals surface area contributed by atoms with Gasteiger partial charge < -0.3 is 0 Å². The summed E-state index contributed by atoms with van der Waals surface area (Å²) in [6.07, 6.45) is 3.22. The van der Waals surface area contributed by atoms with E-state index in [1.165, 1.54) is 13.0 Å². The van der Waals surface area contributed by atoms with Crippen LogP contribution in [0.5, 0.6) is 0 Å². The molecule has 0 fully saturated rings. The van der Waals surface area contributed by atoms with Gasteiger partial charge in [-0.2, -0.15) is 8.42 Å². The molecular weight excluding hydrogens is 171 g/mol. The van der Waals surface area contributed by atoms with Crippen molar-refractivity contribution >= 4 is 10.5 Å². The molecule has 0 N–H and O–H groups in total. The van der Waals surface area contributed by atoms with Crippen molar-refractivity contribution in [1.29, 1.82) is 0 Å². The normalized spacial score (nSPS) is 15.5. The van der Waals surface area contributed by atoms with Crippen LogP contribution in [0.3, 0.4) is 0 Å². The Morgan fingerprint density at radius 3 is 2.55 bits per heavy atom. The molecule has 0 aliphatic rings. The molecule has 1 atom stereocenters. The fourth-order valence-corrected chi connectivity index (χ4v) is 0.968. The van der Waals surface area contributed by atoms with E-state index in [-0.39, 0.29) is 0 Å². The van der Waals surface area contributed by atoms with Crippen LogP contribution < -0.4 is 0 Å². The average molecular weight is 182 g/mol. The molecule has 0 aromatic carbocycles. The third kappa shape index (κ3) is 7.48. The zero-order chi connectivity index (χ0) is 8.91. The molecule has 0 aliphatic carbocycles. The molecule has 0 saturated carbocycles. The Morgan fingerprint density at radius 1 is 1.64 bits per heavy atom. The highest BCUT2D eigenvalue weighted by Crippen LogP contribution is 2.02. The maximum Gasteiger partial charge on any atom is 0.438 e. The molecule has 0 bridgehead atoms. The molecule has 0 aromatic rings. The van der Waals surface area contributed by atoms with E-state index < -0.39 is 16.6 Å². The summed E-state index contributed by atoms with van der Waals surface area (Å²) in [6, 6.07) is 0. The van der Waals surface area contributed by atoms with Gasteiger partial charge in [-0.1, -0.05) is 23.0 Å². The first kappa shape index (κ1) is 10.6. The van der Waals surface area contributed by atoms with E-state index in [1.807, 2.05) is 6.92 Å². The molecule has 3 nitrogen and oxygen atoms in total. The first-order valence-electron chi connectivity index (χ1n) is 3.25. The molecule has 0 aromatic heterocycles. The number of rotatable bonds is 4. The SMILES string of the molecule is CCC=CC(C)OS(=O)(=O)F. The quantitative estimate of drug-likeness (QED) is 0.489. The molecule has 1 unspecified atom stereocenters. The van der Waals surface area contributed by atoms with Crippen molar-refractivity contribution in [2.24, 2.45) is 0 Å². The Hall–Kier alpha value is -0.420. The second-order valence-electron chi connectivity index (χ2n) is 2.03. The van der Waals surface area contributed by atoms with Crippen LogP contribution in [-0.2, 0) is 14.7 Å². The summed E-state index contributed by atoms with van der Waals surface area (Å²) in [5.74, 6) is 0. The van der Waals surface area contributed by atoms with Gasteiger partial charge in [-0.3, -0.25) is 0 Å². The molecule has 0 saturated heterocycles. The van der Waals surface area contributed by atoms with Crippen molar-refractivity contribution < 1.29 is 16.5 Å². The molecule has 0 aliphatic heterocycles. The number of hydrogen-bond donors (Lipinski definition) is 0. The monoisotopic (exact) mass is 182 g/mol. The largest absolute Gasteiger partial charge is 0.438 e. The van der Waals surface area contributed by atoms with Crippen LogP contribution in [0.25, 0.3) is 0 Å². The highest BCUT2D eigenvalue weighted by molar-refractivity contribution is 7.81. The van der Waals surface area contributed by atoms with Crippen LogP contribution in [0.4, 0.5) is 3.89 Å². The molecule has 0 rings (SSSR count). The lowest BCUT2D eigenvalue weighted by atomic mass is 10.3. The molecule has 5 heteroatoms. The van der Waals surface area contributed by atoms with Crippen molar-refractivity contribution in [1.82, 2.24) is 0 Å². The minimum atomic E-state index is -4.81. The first-order chi connectivity index (χ1) is 4.95. The van der Waals surface area contributed by atoms with Crippen LogP contribution in [0.2, 0.25) is 0 Å². The third-order valence-corrected chi connectivity index (χ3v) is 1.44. The molecule has 11 heavy (non-hydrogen) atoms. The van der Waals surface area contributed by atoms with E-state index in [2.05, 4.69) is 4.18 Å². The summed E-state index contributed by atoms with van der Waals surface area (Å²) in [7, 11) is -4.81. The summed E-state index contributed by atoms with van der Waals surface area (Å²) in [5.41, 5.74) is 0. The number of allylic oxidation sites excluding steroid dienone is 1. The Bertz CT molecular complexity index is 220. The zero-order valence-electron chi connectivity index (χ0n) is 6.45. The van der Waals surface area contributed by atoms with E-state index >= 15 is 0 Å². The number of hydrogen-bond acceptors (Lipinski definition) is 3. The summed E-state index contributed by atoms with van der Waals surface area (Å²) < 4.78 is 35.5. The Balaban J connectivity index is 3.89. The Kier molecular flexibility index (Phi) is 4.29. The summed E-state index contributed by atoms with van der Waals surface area (Å²) in [6.45, 7) is 3.33. The predicted molar refractivity (Wildman–Crippen MR) is 40.0 cm³/mol. The second-order valence-corrected chi connectivity index (χ2v) is 3.01. The van der Waals surface area contributed by atoms with Gasteiger partial charge >= 0.3 is 10.5 Å². The van der Waals surface area contributed by atoms with Crippen LogP contribution >= 0.6 is 0 Å². The lowest BCUT2D eigenvalue weighted by molar-refractivity contribution is 0.254. The molecule has 0 spiro atoms. The third-order valence-electron chi connectivity index (χ3n) is 0.910. The molecule has 0 radical (unpaired) electrons. The van der Waals surface area contributed by atoms with Gasteiger partial charge in [0.1, 0.15) is 0 Å². The Labute approximate surface area is 66.3 Å². The van der Waals surface area contributed by atoms with Gasteiger partial charge in [-0.15, -0.1) is 0 Å². The zero-order valence-corrected chi connectivity index (χ0v) is 7.27. The van der Waals surface area contributed by atoms with Crippen molar-refractivity contribution in [3.63, 3.8) is 0 Å². The average Bonchev–Trinajstić information content (AvgIpc) is 1.79. The van der Waals surface area contributed by atoms with Crippen LogP contribution in [0.1, 0.15) is 20.3 Å². The lowest BCUT2D eigenvalue weighted by Crippen LogP contribution is -2.08. The Morgan fingerprint density at radius 2 is 2.18 bits per heavy atom. The van der Waals surface area contributed by atoms with E-state index in [0.29, 0.717) is 0 Å². The van der Waals surface area contributed by atoms with Crippen LogP contribution in [0, 0.1) is 0 Å². The minimum absolute atomic E-state index is 0.732. The second kappa shape index (κ2) is 4.46. The topological polar surface area (TPSA) is 43.4 Å². The number of halogens is 1. The molecule has 0 amide bonds. The van der Waals surface area contributed by atoms with Crippen molar-refractivity contribution in [3.8, 4) is 0 Å². The maximum atomic E-state index is 11.8. The highest BCUT2D eigenvalue weighted by atomic mass is 32.3. The smallest absolute Gasteiger partial charge is 0.237 e. The minimum Gasteiger partial charge on any atom is -0.237 e. The molecule has 0 heterocycles. The van der Waals surface area contributed by atoms with Gasteiger partial charge in [0.25, 0.3) is 0 Å². The summed E-state index contributed by atoms with van der Waals surface area (Å²) in [5, 5.41) is 0. The highest BCUT2D eigenvalue weighted by Gasteiger charge is 2.10. The van der Waals surface area contributed by atoms with Gasteiger partial charge in [0.15, 0.2) is 0 Å². The predicted octanol–water partition coefficient (Wildman–Crippen LogP) is 1.57. The lowest BCUT2D eigenvalue weighted by Gasteiger charge is -2.01.